The molecule has 0 aliphatic carbocycles. The number of benzene rings is 2. The summed E-state index contributed by atoms with van der Waals surface area (Å²) in [6.45, 7) is -0.0824. The van der Waals surface area contributed by atoms with Gasteiger partial charge in [0.15, 0.2) is 0 Å². The first-order valence-corrected chi connectivity index (χ1v) is 8.18. The molecule has 1 saturated heterocycles. The Labute approximate surface area is 156 Å². The molecular weight excluding hydrogens is 379 g/mol. The van der Waals surface area contributed by atoms with Crippen molar-refractivity contribution in [2.45, 2.75) is 12.6 Å². The highest BCUT2D eigenvalue weighted by Gasteiger charge is 2.37. The lowest BCUT2D eigenvalue weighted by Gasteiger charge is -2.18. The van der Waals surface area contributed by atoms with E-state index in [0.29, 0.717) is 0 Å². The van der Waals surface area contributed by atoms with E-state index in [9.17, 15) is 32.9 Å². The van der Waals surface area contributed by atoms with Crippen molar-refractivity contribution in [3.8, 4) is 0 Å². The zero-order valence-electron chi connectivity index (χ0n) is 14.3. The second kappa shape index (κ2) is 7.29. The monoisotopic (exact) mass is 393 g/mol. The largest absolute Gasteiger partial charge is 0.416 e. The van der Waals surface area contributed by atoms with Gasteiger partial charge in [0.25, 0.3) is 5.69 Å². The Kier molecular flexibility index (Phi) is 5.04. The molecule has 28 heavy (non-hydrogen) atoms. The van der Waals surface area contributed by atoms with E-state index in [-0.39, 0.29) is 30.0 Å². The number of non-ortho nitro benzene ring substituents is 1. The molecule has 0 aromatic heterocycles. The van der Waals surface area contributed by atoms with Gasteiger partial charge in [-0.25, -0.2) is 0 Å². The molecule has 1 aliphatic rings. The van der Waals surface area contributed by atoms with Crippen LogP contribution in [0.3, 0.4) is 0 Å². The highest BCUT2D eigenvalue weighted by atomic mass is 19.4. The molecular formula is C18H14F3N3O4. The molecule has 2 amide bonds. The van der Waals surface area contributed by atoms with E-state index in [0.717, 1.165) is 17.0 Å². The molecule has 0 radical (unpaired) electrons. The smallest absolute Gasteiger partial charge is 0.326 e. The summed E-state index contributed by atoms with van der Waals surface area (Å²) >= 11 is 0. The van der Waals surface area contributed by atoms with Crippen molar-refractivity contribution >= 4 is 28.9 Å². The van der Waals surface area contributed by atoms with Crippen LogP contribution in [-0.4, -0.2) is 23.3 Å². The molecule has 10 heteroatoms. The van der Waals surface area contributed by atoms with Crippen LogP contribution in [0.1, 0.15) is 12.0 Å². The second-order valence-corrected chi connectivity index (χ2v) is 6.25. The zero-order valence-corrected chi connectivity index (χ0v) is 14.3. The first kappa shape index (κ1) is 19.3. The van der Waals surface area contributed by atoms with Gasteiger partial charge >= 0.3 is 6.18 Å². The third-order valence-corrected chi connectivity index (χ3v) is 4.31. The number of nitro benzene ring substituents is 1. The Balaban J connectivity index is 1.73. The van der Waals surface area contributed by atoms with Crippen molar-refractivity contribution in [1.29, 1.82) is 0 Å². The number of alkyl halides is 3. The summed E-state index contributed by atoms with van der Waals surface area (Å²) in [6, 6.07) is 9.64. The molecule has 0 bridgehead atoms. The molecule has 1 fully saturated rings. The maximum Gasteiger partial charge on any atom is 0.416 e. The number of amides is 2. The maximum atomic E-state index is 12.9. The van der Waals surface area contributed by atoms with Crippen LogP contribution in [0.5, 0.6) is 0 Å². The number of anilines is 2. The van der Waals surface area contributed by atoms with Crippen LogP contribution in [0.25, 0.3) is 0 Å². The predicted molar refractivity (Wildman–Crippen MR) is 93.6 cm³/mol. The number of hydrogen-bond donors (Lipinski definition) is 1. The standard InChI is InChI=1S/C18H14F3N3O4/c19-18(20,21)12-3-1-5-14(8-12)23-10-11(7-16(23)25)17(26)22-13-4-2-6-15(9-13)24(27)28/h1-6,8-9,11H,7,10H2,(H,22,26)/t11-/m1/s1. The molecule has 146 valence electrons. The molecule has 0 saturated carbocycles. The van der Waals surface area contributed by atoms with Crippen LogP contribution >= 0.6 is 0 Å². The van der Waals surface area contributed by atoms with Crippen LogP contribution in [-0.2, 0) is 15.8 Å². The van der Waals surface area contributed by atoms with E-state index in [1.165, 1.54) is 36.4 Å². The Morgan fingerprint density at radius 3 is 2.57 bits per heavy atom. The van der Waals surface area contributed by atoms with Crippen molar-refractivity contribution in [2.75, 3.05) is 16.8 Å². The second-order valence-electron chi connectivity index (χ2n) is 6.25. The summed E-state index contributed by atoms with van der Waals surface area (Å²) in [5.41, 5.74) is -0.831. The normalized spacial score (nSPS) is 16.9. The van der Waals surface area contributed by atoms with Gasteiger partial charge in [0.2, 0.25) is 11.8 Å². The third-order valence-electron chi connectivity index (χ3n) is 4.31. The minimum Gasteiger partial charge on any atom is -0.326 e. The summed E-state index contributed by atoms with van der Waals surface area (Å²) in [4.78, 5) is 35.9. The molecule has 1 aliphatic heterocycles. The van der Waals surface area contributed by atoms with E-state index in [1.54, 1.807) is 0 Å². The number of nitrogens with one attached hydrogen (secondary N) is 1. The molecule has 3 rings (SSSR count). The van der Waals surface area contributed by atoms with Crippen LogP contribution in [0.15, 0.2) is 48.5 Å². The van der Waals surface area contributed by atoms with Crippen LogP contribution < -0.4 is 10.2 Å². The Morgan fingerprint density at radius 1 is 1.18 bits per heavy atom. The zero-order chi connectivity index (χ0) is 20.5. The lowest BCUT2D eigenvalue weighted by atomic mass is 10.1. The fourth-order valence-electron chi connectivity index (χ4n) is 2.92. The predicted octanol–water partition coefficient (Wildman–Crippen LogP) is 3.61. The van der Waals surface area contributed by atoms with E-state index < -0.39 is 34.4 Å². The lowest BCUT2D eigenvalue weighted by Crippen LogP contribution is -2.28. The topological polar surface area (TPSA) is 92.5 Å². The van der Waals surface area contributed by atoms with Crippen LogP contribution in [0, 0.1) is 16.0 Å². The third kappa shape index (κ3) is 4.11. The Hall–Kier alpha value is -3.43. The average Bonchev–Trinajstić information content (AvgIpc) is 3.03. The first-order valence-electron chi connectivity index (χ1n) is 8.18. The van der Waals surface area contributed by atoms with Gasteiger partial charge in [-0.1, -0.05) is 12.1 Å². The Morgan fingerprint density at radius 2 is 1.89 bits per heavy atom. The molecule has 2 aromatic carbocycles. The average molecular weight is 393 g/mol. The van der Waals surface area contributed by atoms with Gasteiger partial charge in [0.1, 0.15) is 0 Å². The highest BCUT2D eigenvalue weighted by Crippen LogP contribution is 2.33. The van der Waals surface area contributed by atoms with Gasteiger partial charge in [0.05, 0.1) is 16.4 Å². The van der Waals surface area contributed by atoms with Crippen molar-refractivity contribution in [2.24, 2.45) is 5.92 Å². The van der Waals surface area contributed by atoms with E-state index in [2.05, 4.69) is 5.32 Å². The number of carbonyl (C=O) groups excluding carboxylic acids is 2. The molecule has 7 nitrogen and oxygen atoms in total. The van der Waals surface area contributed by atoms with Gasteiger partial charge < -0.3 is 10.2 Å². The molecule has 1 heterocycles. The quantitative estimate of drug-likeness (QED) is 0.635. The van der Waals surface area contributed by atoms with E-state index in [1.807, 2.05) is 0 Å². The number of nitrogens with zero attached hydrogens (tertiary/aromatic N) is 2. The van der Waals surface area contributed by atoms with Crippen molar-refractivity contribution in [3.63, 3.8) is 0 Å². The van der Waals surface area contributed by atoms with Gasteiger partial charge in [-0.2, -0.15) is 13.2 Å². The van der Waals surface area contributed by atoms with Crippen molar-refractivity contribution in [3.05, 3.63) is 64.2 Å². The number of halogens is 3. The van der Waals surface area contributed by atoms with E-state index in [4.69, 9.17) is 0 Å². The summed E-state index contributed by atoms with van der Waals surface area (Å²) in [7, 11) is 0. The Bertz CT molecular complexity index is 946. The number of nitro groups is 1. The fourth-order valence-corrected chi connectivity index (χ4v) is 2.92. The molecule has 2 aromatic rings. The van der Waals surface area contributed by atoms with Crippen LogP contribution in [0.2, 0.25) is 0 Å². The van der Waals surface area contributed by atoms with Gasteiger partial charge in [-0.3, -0.25) is 19.7 Å². The van der Waals surface area contributed by atoms with E-state index >= 15 is 0 Å². The molecule has 1 atom stereocenters. The van der Waals surface area contributed by atoms with Crippen molar-refractivity contribution in [1.82, 2.24) is 0 Å². The number of rotatable bonds is 4. The minimum atomic E-state index is -4.54. The SMILES string of the molecule is O=C(Nc1cccc([N+](=O)[O-])c1)[C@@H]1CC(=O)N(c2cccc(C(F)(F)F)c2)C1. The van der Waals surface area contributed by atoms with Crippen LogP contribution in [0.4, 0.5) is 30.2 Å². The summed E-state index contributed by atoms with van der Waals surface area (Å²) in [5.74, 6) is -1.80. The van der Waals surface area contributed by atoms with Gasteiger partial charge in [0, 0.05) is 36.5 Å². The lowest BCUT2D eigenvalue weighted by molar-refractivity contribution is -0.384. The van der Waals surface area contributed by atoms with Crippen molar-refractivity contribution < 1.29 is 27.7 Å². The number of carbonyl (C=O) groups is 2. The highest BCUT2D eigenvalue weighted by molar-refractivity contribution is 6.03. The summed E-state index contributed by atoms with van der Waals surface area (Å²) < 4.78 is 38.6. The minimum absolute atomic E-state index is 0.0606. The van der Waals surface area contributed by atoms with Gasteiger partial charge in [-0.15, -0.1) is 0 Å². The summed E-state index contributed by atoms with van der Waals surface area (Å²) in [5, 5.41) is 13.3. The maximum absolute atomic E-state index is 12.9. The number of hydrogen-bond acceptors (Lipinski definition) is 4. The first-order chi connectivity index (χ1) is 13.1. The fraction of sp³-hybridized carbons (Fsp3) is 0.222. The van der Waals surface area contributed by atoms with Gasteiger partial charge in [-0.05, 0) is 24.3 Å². The molecule has 0 unspecified atom stereocenters. The molecule has 0 spiro atoms. The summed E-state index contributed by atoms with van der Waals surface area (Å²) in [6.07, 6.45) is -4.71. The molecule has 1 N–H and O–H groups in total.